The van der Waals surface area contributed by atoms with Gasteiger partial charge in [-0.15, -0.1) is 0 Å². The third-order valence-electron chi connectivity index (χ3n) is 2.58. The average molecular weight is 325 g/mol. The fourth-order valence-electron chi connectivity index (χ4n) is 1.58. The average Bonchev–Trinajstić information content (AvgIpc) is 2.37. The Morgan fingerprint density at radius 3 is 2.17 bits per heavy atom. The number of carbonyl (C=O) groups is 3. The quantitative estimate of drug-likeness (QED) is 0.465. The van der Waals surface area contributed by atoms with E-state index in [9.17, 15) is 19.5 Å². The first-order valence-corrected chi connectivity index (χ1v) is 7.04. The predicted octanol–water partition coefficient (Wildman–Crippen LogP) is 0.533. The Balaban J connectivity index is 0.000000438. The van der Waals surface area contributed by atoms with E-state index in [1.807, 2.05) is 0 Å². The zero-order chi connectivity index (χ0) is 18.0. The summed E-state index contributed by atoms with van der Waals surface area (Å²) in [5, 5.41) is 18.8. The molecule has 1 aromatic rings. The van der Waals surface area contributed by atoms with E-state index in [1.54, 1.807) is 6.07 Å². The molecule has 1 N–H and O–H groups in total. The smallest absolute Gasteiger partial charge is 0.308 e. The molecule has 0 aliphatic carbocycles. The Bertz CT molecular complexity index is 548. The Morgan fingerprint density at radius 1 is 1.17 bits per heavy atom. The third-order valence-corrected chi connectivity index (χ3v) is 2.58. The highest BCUT2D eigenvalue weighted by Gasteiger charge is 2.07. The number of aromatic carboxylic acids is 1. The lowest BCUT2D eigenvalue weighted by molar-refractivity contribution is -0.870. The number of hydrogen-bond donors (Lipinski definition) is 1. The number of aliphatic carboxylic acids is 1. The number of quaternary nitrogens is 1. The second-order valence-corrected chi connectivity index (χ2v) is 5.89. The Morgan fingerprint density at radius 2 is 1.74 bits per heavy atom. The highest BCUT2D eigenvalue weighted by atomic mass is 16.5. The highest BCUT2D eigenvalue weighted by molar-refractivity contribution is 5.90. The number of para-hydroxylation sites is 1. The minimum atomic E-state index is -1.36. The van der Waals surface area contributed by atoms with E-state index in [2.05, 4.69) is 25.9 Å². The van der Waals surface area contributed by atoms with E-state index < -0.39 is 17.9 Å². The molecule has 0 aromatic heterocycles. The largest absolute Gasteiger partial charge is 0.545 e. The molecule has 0 saturated carbocycles. The Kier molecular flexibility index (Phi) is 8.57. The van der Waals surface area contributed by atoms with Crippen LogP contribution in [0.15, 0.2) is 24.3 Å². The molecule has 0 fully saturated rings. The molecule has 0 saturated heterocycles. The molecule has 0 amide bonds. The van der Waals surface area contributed by atoms with Crippen molar-refractivity contribution in [2.75, 3.05) is 27.7 Å². The van der Waals surface area contributed by atoms with E-state index in [0.29, 0.717) is 0 Å². The fourth-order valence-corrected chi connectivity index (χ4v) is 1.58. The monoisotopic (exact) mass is 325 g/mol. The minimum absolute atomic E-state index is 0.00926. The lowest BCUT2D eigenvalue weighted by atomic mass is 10.2. The van der Waals surface area contributed by atoms with Crippen LogP contribution in [-0.4, -0.2) is 55.2 Å². The maximum Gasteiger partial charge on any atom is 0.308 e. The molecule has 23 heavy (non-hydrogen) atoms. The molecule has 7 heteroatoms. The number of carbonyl (C=O) groups excluding carboxylic acids is 2. The fraction of sp³-hybridized carbons (Fsp3) is 0.438. The lowest BCUT2D eigenvalue weighted by Crippen LogP contribution is -2.35. The van der Waals surface area contributed by atoms with E-state index in [-0.39, 0.29) is 17.7 Å². The van der Waals surface area contributed by atoms with Gasteiger partial charge in [0.25, 0.3) is 0 Å². The summed E-state index contributed by atoms with van der Waals surface area (Å²) in [7, 11) is 6.17. The van der Waals surface area contributed by atoms with Crippen molar-refractivity contribution in [3.8, 4) is 5.75 Å². The molecule has 0 aliphatic rings. The molecule has 1 aromatic carbocycles. The van der Waals surface area contributed by atoms with Crippen molar-refractivity contribution in [2.24, 2.45) is 0 Å². The van der Waals surface area contributed by atoms with Crippen LogP contribution in [0.5, 0.6) is 5.75 Å². The zero-order valence-electron chi connectivity index (χ0n) is 13.9. The molecule has 0 bridgehead atoms. The summed E-state index contributed by atoms with van der Waals surface area (Å²) in [6.45, 7) is 2.12. The molecular formula is C16H23NO6. The van der Waals surface area contributed by atoms with Crippen LogP contribution >= 0.6 is 0 Å². The van der Waals surface area contributed by atoms with Crippen molar-refractivity contribution in [2.45, 2.75) is 19.8 Å². The van der Waals surface area contributed by atoms with Gasteiger partial charge in [-0.3, -0.25) is 9.59 Å². The van der Waals surface area contributed by atoms with E-state index in [4.69, 9.17) is 5.11 Å². The van der Waals surface area contributed by atoms with E-state index >= 15 is 0 Å². The van der Waals surface area contributed by atoms with Gasteiger partial charge in [-0.1, -0.05) is 12.1 Å². The number of carboxylic acid groups (broad SMARTS) is 2. The van der Waals surface area contributed by atoms with Crippen molar-refractivity contribution in [3.05, 3.63) is 29.8 Å². The van der Waals surface area contributed by atoms with Crippen LogP contribution in [0.25, 0.3) is 0 Å². The first kappa shape index (κ1) is 20.6. The number of rotatable bonds is 6. The van der Waals surface area contributed by atoms with Crippen LogP contribution in [0.2, 0.25) is 0 Å². The van der Waals surface area contributed by atoms with Crippen molar-refractivity contribution in [3.63, 3.8) is 0 Å². The molecule has 1 rings (SSSR count). The van der Waals surface area contributed by atoms with Crippen LogP contribution in [0, 0.1) is 0 Å². The van der Waals surface area contributed by atoms with Crippen LogP contribution in [0.1, 0.15) is 30.1 Å². The molecule has 0 atom stereocenters. The van der Waals surface area contributed by atoms with Gasteiger partial charge in [0.15, 0.2) is 0 Å². The summed E-state index contributed by atoms with van der Waals surface area (Å²) in [5.41, 5.74) is -0.127. The molecule has 0 heterocycles. The van der Waals surface area contributed by atoms with Gasteiger partial charge in [-0.05, 0) is 12.1 Å². The number of carboxylic acids is 2. The second-order valence-electron chi connectivity index (χ2n) is 5.89. The SMILES string of the molecule is CC(=O)Oc1ccccc1C(=O)[O-].C[N+](C)(C)CCCC(=O)O. The number of esters is 1. The van der Waals surface area contributed by atoms with Crippen molar-refractivity contribution in [1.29, 1.82) is 0 Å². The zero-order valence-corrected chi connectivity index (χ0v) is 13.9. The molecule has 7 nitrogen and oxygen atoms in total. The van der Waals surface area contributed by atoms with Gasteiger partial charge in [0.05, 0.1) is 40.1 Å². The molecule has 0 aliphatic heterocycles. The van der Waals surface area contributed by atoms with Gasteiger partial charge in [0, 0.05) is 18.9 Å². The molecule has 0 unspecified atom stereocenters. The number of hydrogen-bond acceptors (Lipinski definition) is 5. The Labute approximate surface area is 135 Å². The topological polar surface area (TPSA) is 104 Å². The first-order chi connectivity index (χ1) is 10.5. The van der Waals surface area contributed by atoms with Crippen molar-refractivity contribution in [1.82, 2.24) is 0 Å². The van der Waals surface area contributed by atoms with Gasteiger partial charge in [-0.2, -0.15) is 0 Å². The lowest BCUT2D eigenvalue weighted by Gasteiger charge is -2.23. The van der Waals surface area contributed by atoms with Gasteiger partial charge in [0.2, 0.25) is 0 Å². The molecule has 128 valence electrons. The standard InChI is InChI=1S/C9H8O4.C7H15NO2/c1-6(10)13-8-5-3-2-4-7(8)9(11)12;1-8(2,3)6-4-5-7(9)10/h2-5H,1H3,(H,11,12);4-6H2,1-3H3. The molecule has 0 radical (unpaired) electrons. The van der Waals surface area contributed by atoms with Crippen molar-refractivity contribution < 1.29 is 33.8 Å². The van der Waals surface area contributed by atoms with Gasteiger partial charge >= 0.3 is 11.9 Å². The number of nitrogens with zero attached hydrogens (tertiary/aromatic N) is 1. The summed E-state index contributed by atoms with van der Waals surface area (Å²) in [6, 6.07) is 5.81. The van der Waals surface area contributed by atoms with Gasteiger partial charge in [0.1, 0.15) is 5.75 Å². The van der Waals surface area contributed by atoms with Crippen LogP contribution in [0.3, 0.4) is 0 Å². The van der Waals surface area contributed by atoms with Crippen LogP contribution < -0.4 is 9.84 Å². The first-order valence-electron chi connectivity index (χ1n) is 7.04. The summed E-state index contributed by atoms with van der Waals surface area (Å²) in [4.78, 5) is 31.1. The Hall–Kier alpha value is -2.41. The number of ether oxygens (including phenoxy) is 1. The summed E-state index contributed by atoms with van der Waals surface area (Å²) < 4.78 is 5.49. The summed E-state index contributed by atoms with van der Waals surface area (Å²) in [5.74, 6) is -2.62. The highest BCUT2D eigenvalue weighted by Crippen LogP contribution is 2.16. The maximum atomic E-state index is 10.6. The van der Waals surface area contributed by atoms with Crippen LogP contribution in [0.4, 0.5) is 0 Å². The van der Waals surface area contributed by atoms with Gasteiger partial charge in [-0.25, -0.2) is 0 Å². The minimum Gasteiger partial charge on any atom is -0.545 e. The van der Waals surface area contributed by atoms with E-state index in [0.717, 1.165) is 17.4 Å². The second kappa shape index (κ2) is 9.58. The summed E-state index contributed by atoms with van der Waals surface area (Å²) in [6.07, 6.45) is 1.05. The maximum absolute atomic E-state index is 10.6. The van der Waals surface area contributed by atoms with Gasteiger partial charge < -0.3 is 24.2 Å². The predicted molar refractivity (Wildman–Crippen MR) is 81.9 cm³/mol. The van der Waals surface area contributed by atoms with Crippen LogP contribution in [-0.2, 0) is 9.59 Å². The molecular weight excluding hydrogens is 302 g/mol. The number of benzene rings is 1. The third kappa shape index (κ3) is 10.9. The normalized spacial score (nSPS) is 10.3. The summed E-state index contributed by atoms with van der Waals surface area (Å²) >= 11 is 0. The van der Waals surface area contributed by atoms with E-state index in [1.165, 1.54) is 25.1 Å². The molecule has 0 spiro atoms. The van der Waals surface area contributed by atoms with Crippen molar-refractivity contribution >= 4 is 17.9 Å².